The third kappa shape index (κ3) is 1.76. The molecular formula is C11H11N2O. The number of fused-ring (bicyclic) bond motifs is 1. The van der Waals surface area contributed by atoms with Crippen molar-refractivity contribution in [3.8, 4) is 0 Å². The Morgan fingerprint density at radius 1 is 1.43 bits per heavy atom. The van der Waals surface area contributed by atoms with Crippen LogP contribution in [0.3, 0.4) is 0 Å². The van der Waals surface area contributed by atoms with Gasteiger partial charge in [-0.15, -0.1) is 0 Å². The number of aromatic nitrogens is 1. The van der Waals surface area contributed by atoms with E-state index in [-0.39, 0.29) is 5.91 Å². The van der Waals surface area contributed by atoms with Crippen molar-refractivity contribution >= 4 is 16.8 Å². The van der Waals surface area contributed by atoms with Gasteiger partial charge in [0.05, 0.1) is 6.54 Å². The summed E-state index contributed by atoms with van der Waals surface area (Å²) in [6.45, 7) is 3.15. The van der Waals surface area contributed by atoms with Gasteiger partial charge in [0.2, 0.25) is 5.91 Å². The fourth-order valence-electron chi connectivity index (χ4n) is 1.35. The summed E-state index contributed by atoms with van der Waals surface area (Å²) in [5.41, 5.74) is 1.98. The summed E-state index contributed by atoms with van der Waals surface area (Å²) in [7, 11) is 0. The van der Waals surface area contributed by atoms with E-state index in [9.17, 15) is 4.79 Å². The summed E-state index contributed by atoms with van der Waals surface area (Å²) in [4.78, 5) is 13.9. The molecule has 0 unspecified atom stereocenters. The van der Waals surface area contributed by atoms with Crippen LogP contribution in [0.1, 0.15) is 12.6 Å². The van der Waals surface area contributed by atoms with Gasteiger partial charge in [-0.25, -0.2) is 0 Å². The zero-order valence-corrected chi connectivity index (χ0v) is 7.87. The van der Waals surface area contributed by atoms with E-state index in [2.05, 4.69) is 10.3 Å². The van der Waals surface area contributed by atoms with Crippen LogP contribution in [-0.4, -0.2) is 10.9 Å². The minimum absolute atomic E-state index is 0.0661. The highest BCUT2D eigenvalue weighted by molar-refractivity contribution is 5.81. The van der Waals surface area contributed by atoms with Gasteiger partial charge in [0.25, 0.3) is 0 Å². The van der Waals surface area contributed by atoms with Gasteiger partial charge < -0.3 is 10.3 Å². The molecule has 14 heavy (non-hydrogen) atoms. The number of carbonyl (C=O) groups is 1. The van der Waals surface area contributed by atoms with Crippen LogP contribution in [0.25, 0.3) is 10.9 Å². The van der Waals surface area contributed by atoms with E-state index >= 15 is 0 Å². The van der Waals surface area contributed by atoms with Gasteiger partial charge in [-0.1, -0.05) is 18.2 Å². The molecule has 1 aromatic heterocycles. The van der Waals surface area contributed by atoms with Crippen LogP contribution >= 0.6 is 0 Å². The van der Waals surface area contributed by atoms with Gasteiger partial charge in [-0.05, 0) is 17.5 Å². The van der Waals surface area contributed by atoms with Gasteiger partial charge >= 0.3 is 0 Å². The van der Waals surface area contributed by atoms with Crippen molar-refractivity contribution in [1.29, 1.82) is 0 Å². The van der Waals surface area contributed by atoms with Gasteiger partial charge in [0, 0.05) is 18.1 Å². The lowest BCUT2D eigenvalue weighted by molar-refractivity contribution is -0.118. The van der Waals surface area contributed by atoms with Crippen molar-refractivity contribution in [2.45, 2.75) is 6.92 Å². The van der Waals surface area contributed by atoms with Crippen LogP contribution < -0.4 is 5.32 Å². The second kappa shape index (κ2) is 3.54. The van der Waals surface area contributed by atoms with E-state index in [4.69, 9.17) is 0 Å². The number of nitrogens with one attached hydrogen (secondary N) is 2. The van der Waals surface area contributed by atoms with E-state index in [1.54, 1.807) is 6.54 Å². The number of carbonyl (C=O) groups excluding carboxylic acids is 1. The number of hydrogen-bond donors (Lipinski definition) is 2. The lowest BCUT2D eigenvalue weighted by Gasteiger charge is -1.96. The first-order valence-corrected chi connectivity index (χ1v) is 4.44. The van der Waals surface area contributed by atoms with Crippen molar-refractivity contribution in [1.82, 2.24) is 10.3 Å². The highest BCUT2D eigenvalue weighted by atomic mass is 16.1. The Morgan fingerprint density at radius 2 is 2.21 bits per heavy atom. The highest BCUT2D eigenvalue weighted by Crippen LogP contribution is 2.14. The molecule has 1 amide bonds. The summed E-state index contributed by atoms with van der Waals surface area (Å²) in [6.07, 6.45) is 0. The maximum Gasteiger partial charge on any atom is 0.217 e. The second-order valence-electron chi connectivity index (χ2n) is 3.16. The van der Waals surface area contributed by atoms with Gasteiger partial charge in [0.1, 0.15) is 0 Å². The van der Waals surface area contributed by atoms with E-state index in [0.29, 0.717) is 0 Å². The topological polar surface area (TPSA) is 44.9 Å². The van der Waals surface area contributed by atoms with Crippen molar-refractivity contribution < 1.29 is 4.79 Å². The van der Waals surface area contributed by atoms with Crippen molar-refractivity contribution in [2.24, 2.45) is 0 Å². The SMILES string of the molecule is CC(=O)N[CH]c1cc2ccccc2[nH]1. The zero-order chi connectivity index (χ0) is 9.97. The molecule has 1 radical (unpaired) electrons. The Labute approximate surface area is 82.1 Å². The number of aromatic amines is 1. The standard InChI is InChI=1S/C11H11N2O/c1-8(14)12-7-10-6-9-4-2-3-5-11(9)13-10/h2-7,13H,1H3,(H,12,14). The molecule has 3 nitrogen and oxygen atoms in total. The van der Waals surface area contributed by atoms with E-state index in [1.807, 2.05) is 30.3 Å². The zero-order valence-electron chi connectivity index (χ0n) is 7.87. The summed E-state index contributed by atoms with van der Waals surface area (Å²) >= 11 is 0. The number of amides is 1. The van der Waals surface area contributed by atoms with Crippen LogP contribution in [0, 0.1) is 6.54 Å². The molecule has 1 heterocycles. The molecule has 0 fully saturated rings. The molecule has 2 aromatic rings. The first kappa shape index (κ1) is 8.81. The Hall–Kier alpha value is -1.77. The predicted molar refractivity (Wildman–Crippen MR) is 55.5 cm³/mol. The van der Waals surface area contributed by atoms with Gasteiger partial charge in [0.15, 0.2) is 0 Å². The molecule has 0 spiro atoms. The lowest BCUT2D eigenvalue weighted by Crippen LogP contribution is -2.16. The molecule has 0 aliphatic heterocycles. The third-order valence-corrected chi connectivity index (χ3v) is 1.98. The van der Waals surface area contributed by atoms with Crippen LogP contribution in [0.5, 0.6) is 0 Å². The molecule has 0 saturated heterocycles. The third-order valence-electron chi connectivity index (χ3n) is 1.98. The molecule has 0 aliphatic rings. The maximum atomic E-state index is 10.7. The quantitative estimate of drug-likeness (QED) is 0.740. The molecule has 0 aliphatic carbocycles. The van der Waals surface area contributed by atoms with Crippen LogP contribution in [0.15, 0.2) is 30.3 Å². The number of benzene rings is 1. The van der Waals surface area contributed by atoms with E-state index < -0.39 is 0 Å². The molecule has 1 aromatic carbocycles. The summed E-state index contributed by atoms with van der Waals surface area (Å²) < 4.78 is 0. The Bertz CT molecular complexity index is 426. The maximum absolute atomic E-state index is 10.7. The van der Waals surface area contributed by atoms with Crippen molar-refractivity contribution in [2.75, 3.05) is 0 Å². The lowest BCUT2D eigenvalue weighted by atomic mass is 10.2. The fraction of sp³-hybridized carbons (Fsp3) is 0.0909. The monoisotopic (exact) mass is 187 g/mol. The minimum atomic E-state index is -0.0661. The fourth-order valence-corrected chi connectivity index (χ4v) is 1.35. The van der Waals surface area contributed by atoms with E-state index in [1.165, 1.54) is 6.92 Å². The summed E-state index contributed by atoms with van der Waals surface area (Å²) in [6, 6.07) is 9.97. The van der Waals surface area contributed by atoms with Crippen molar-refractivity contribution in [3.05, 3.63) is 42.6 Å². The van der Waals surface area contributed by atoms with Crippen LogP contribution in [0.2, 0.25) is 0 Å². The summed E-state index contributed by atoms with van der Waals surface area (Å²) in [5, 5.41) is 3.77. The van der Waals surface area contributed by atoms with Crippen LogP contribution in [0.4, 0.5) is 0 Å². The molecule has 0 saturated carbocycles. The normalized spacial score (nSPS) is 10.4. The molecule has 3 heteroatoms. The van der Waals surface area contributed by atoms with Crippen LogP contribution in [-0.2, 0) is 4.79 Å². The second-order valence-corrected chi connectivity index (χ2v) is 3.16. The Balaban J connectivity index is 2.22. The molecule has 2 N–H and O–H groups in total. The largest absolute Gasteiger partial charge is 0.357 e. The van der Waals surface area contributed by atoms with Gasteiger partial charge in [-0.2, -0.15) is 0 Å². The summed E-state index contributed by atoms with van der Waals surface area (Å²) in [5.74, 6) is -0.0661. The first-order valence-electron chi connectivity index (χ1n) is 4.44. The Morgan fingerprint density at radius 3 is 2.93 bits per heavy atom. The average Bonchev–Trinajstić information content (AvgIpc) is 2.57. The van der Waals surface area contributed by atoms with E-state index in [0.717, 1.165) is 16.6 Å². The molecular weight excluding hydrogens is 176 g/mol. The molecule has 2 rings (SSSR count). The smallest absolute Gasteiger partial charge is 0.217 e. The predicted octanol–water partition coefficient (Wildman–Crippen LogP) is 1.81. The highest BCUT2D eigenvalue weighted by Gasteiger charge is 2.00. The average molecular weight is 187 g/mol. The Kier molecular flexibility index (Phi) is 2.23. The number of para-hydroxylation sites is 1. The number of H-pyrrole nitrogens is 1. The van der Waals surface area contributed by atoms with Gasteiger partial charge in [-0.3, -0.25) is 4.79 Å². The van der Waals surface area contributed by atoms with Crippen molar-refractivity contribution in [3.63, 3.8) is 0 Å². The minimum Gasteiger partial charge on any atom is -0.357 e. The number of rotatable bonds is 2. The number of hydrogen-bond acceptors (Lipinski definition) is 1. The molecule has 0 bridgehead atoms. The molecule has 0 atom stereocenters. The molecule has 71 valence electrons. The first-order chi connectivity index (χ1) is 6.75.